The molecule has 1 N–H and O–H groups in total. The second-order valence-corrected chi connectivity index (χ2v) is 5.04. The van der Waals surface area contributed by atoms with Gasteiger partial charge in [-0.05, 0) is 31.7 Å². The summed E-state index contributed by atoms with van der Waals surface area (Å²) in [5.41, 5.74) is 0.697. The Morgan fingerprint density at radius 2 is 1.85 bits per heavy atom. The minimum absolute atomic E-state index is 0.0298. The van der Waals surface area contributed by atoms with E-state index >= 15 is 0 Å². The molecule has 2 rings (SSSR count). The van der Waals surface area contributed by atoms with Crippen molar-refractivity contribution in [1.82, 2.24) is 0 Å². The lowest BCUT2D eigenvalue weighted by Crippen LogP contribution is -2.27. The molecule has 1 fully saturated rings. The summed E-state index contributed by atoms with van der Waals surface area (Å²) in [6, 6.07) is 6.27. The Morgan fingerprint density at radius 3 is 2.40 bits per heavy atom. The van der Waals surface area contributed by atoms with Crippen molar-refractivity contribution >= 4 is 11.7 Å². The van der Waals surface area contributed by atoms with E-state index in [0.29, 0.717) is 37.0 Å². The molecule has 0 radical (unpaired) electrons. The van der Waals surface area contributed by atoms with Gasteiger partial charge in [-0.15, -0.1) is 0 Å². The second-order valence-electron chi connectivity index (χ2n) is 5.04. The molecule has 0 unspecified atom stereocenters. The molecule has 5 heteroatoms. The molecule has 0 aliphatic heterocycles. The highest BCUT2D eigenvalue weighted by Crippen LogP contribution is 2.32. The number of hydrogen-bond donors (Lipinski definition) is 1. The van der Waals surface area contributed by atoms with Crippen molar-refractivity contribution in [3.8, 4) is 0 Å². The van der Waals surface area contributed by atoms with Crippen LogP contribution in [0.4, 0.5) is 4.39 Å². The third kappa shape index (κ3) is 2.98. The van der Waals surface area contributed by atoms with Crippen LogP contribution in [0.5, 0.6) is 0 Å². The molecule has 0 atom stereocenters. The molecule has 0 amide bonds. The van der Waals surface area contributed by atoms with Gasteiger partial charge in [0.1, 0.15) is 5.82 Å². The van der Waals surface area contributed by atoms with Crippen molar-refractivity contribution in [1.29, 1.82) is 0 Å². The van der Waals surface area contributed by atoms with E-state index in [1.54, 1.807) is 18.2 Å². The van der Waals surface area contributed by atoms with Gasteiger partial charge in [0.25, 0.3) is 0 Å². The fourth-order valence-electron chi connectivity index (χ4n) is 2.79. The largest absolute Gasteiger partial charge is 0.469 e. The molecular weight excluding hydrogens is 261 g/mol. The average molecular weight is 279 g/mol. The maximum Gasteiger partial charge on any atom is 0.308 e. The SMILES string of the molecule is COC(=O)C1CCC(/C(=N/O)c2ccccc2F)CC1. The van der Waals surface area contributed by atoms with Crippen LogP contribution in [0.25, 0.3) is 0 Å². The number of oxime groups is 1. The highest BCUT2D eigenvalue weighted by Gasteiger charge is 2.30. The summed E-state index contributed by atoms with van der Waals surface area (Å²) < 4.78 is 18.5. The van der Waals surface area contributed by atoms with Gasteiger partial charge in [0.2, 0.25) is 0 Å². The van der Waals surface area contributed by atoms with Crippen molar-refractivity contribution in [3.63, 3.8) is 0 Å². The van der Waals surface area contributed by atoms with E-state index in [1.165, 1.54) is 13.2 Å². The highest BCUT2D eigenvalue weighted by atomic mass is 19.1. The lowest BCUT2D eigenvalue weighted by atomic mass is 9.78. The first kappa shape index (κ1) is 14.5. The van der Waals surface area contributed by atoms with Gasteiger partial charge >= 0.3 is 5.97 Å². The van der Waals surface area contributed by atoms with Gasteiger partial charge in [-0.3, -0.25) is 4.79 Å². The topological polar surface area (TPSA) is 58.9 Å². The van der Waals surface area contributed by atoms with Gasteiger partial charge in [0.05, 0.1) is 18.7 Å². The smallest absolute Gasteiger partial charge is 0.308 e. The molecule has 108 valence electrons. The number of benzene rings is 1. The maximum atomic E-state index is 13.8. The number of halogens is 1. The van der Waals surface area contributed by atoms with E-state index in [2.05, 4.69) is 5.16 Å². The molecule has 1 aliphatic rings. The number of esters is 1. The van der Waals surface area contributed by atoms with Crippen molar-refractivity contribution in [3.05, 3.63) is 35.6 Å². The zero-order valence-corrected chi connectivity index (χ0v) is 11.4. The zero-order chi connectivity index (χ0) is 14.5. The minimum Gasteiger partial charge on any atom is -0.469 e. The van der Waals surface area contributed by atoms with Crippen LogP contribution >= 0.6 is 0 Å². The summed E-state index contributed by atoms with van der Waals surface area (Å²) in [7, 11) is 1.38. The Balaban J connectivity index is 2.09. The van der Waals surface area contributed by atoms with Crippen molar-refractivity contribution < 1.29 is 19.1 Å². The molecule has 1 aromatic carbocycles. The van der Waals surface area contributed by atoms with Crippen LogP contribution in [0.1, 0.15) is 31.2 Å². The van der Waals surface area contributed by atoms with E-state index < -0.39 is 5.82 Å². The molecule has 0 aromatic heterocycles. The fourth-order valence-corrected chi connectivity index (χ4v) is 2.79. The number of hydrogen-bond acceptors (Lipinski definition) is 4. The first-order valence-electron chi connectivity index (χ1n) is 6.72. The van der Waals surface area contributed by atoms with E-state index in [0.717, 1.165) is 0 Å². The van der Waals surface area contributed by atoms with Crippen LogP contribution < -0.4 is 0 Å². The molecule has 0 saturated heterocycles. The molecule has 0 spiro atoms. The monoisotopic (exact) mass is 279 g/mol. The van der Waals surface area contributed by atoms with E-state index in [-0.39, 0.29) is 17.8 Å². The fraction of sp³-hybridized carbons (Fsp3) is 0.467. The van der Waals surface area contributed by atoms with E-state index in [9.17, 15) is 14.4 Å². The van der Waals surface area contributed by atoms with E-state index in [4.69, 9.17) is 4.74 Å². The number of rotatable bonds is 3. The van der Waals surface area contributed by atoms with Crippen LogP contribution in [-0.2, 0) is 9.53 Å². The minimum atomic E-state index is -0.393. The molecule has 1 saturated carbocycles. The van der Waals surface area contributed by atoms with Gasteiger partial charge in [0, 0.05) is 11.5 Å². The Labute approximate surface area is 117 Å². The van der Waals surface area contributed by atoms with Gasteiger partial charge in [-0.2, -0.15) is 0 Å². The van der Waals surface area contributed by atoms with Gasteiger partial charge in [-0.25, -0.2) is 4.39 Å². The quantitative estimate of drug-likeness (QED) is 0.400. The number of carbonyl (C=O) groups is 1. The van der Waals surface area contributed by atoms with Gasteiger partial charge in [0.15, 0.2) is 0 Å². The Kier molecular flexibility index (Phi) is 4.71. The van der Waals surface area contributed by atoms with Crippen molar-refractivity contribution in [2.45, 2.75) is 25.7 Å². The average Bonchev–Trinajstić information content (AvgIpc) is 2.50. The lowest BCUT2D eigenvalue weighted by Gasteiger charge is -2.27. The van der Waals surface area contributed by atoms with Crippen LogP contribution in [0, 0.1) is 17.7 Å². The molecule has 0 bridgehead atoms. The number of ether oxygens (including phenoxy) is 1. The third-order valence-electron chi connectivity index (χ3n) is 3.91. The summed E-state index contributed by atoms with van der Waals surface area (Å²) in [4.78, 5) is 11.5. The van der Waals surface area contributed by atoms with E-state index in [1.807, 2.05) is 0 Å². The summed E-state index contributed by atoms with van der Waals surface area (Å²) in [5, 5.41) is 12.5. The molecule has 20 heavy (non-hydrogen) atoms. The molecule has 4 nitrogen and oxygen atoms in total. The maximum absolute atomic E-state index is 13.8. The highest BCUT2D eigenvalue weighted by molar-refractivity contribution is 6.02. The standard InChI is InChI=1S/C15H18FNO3/c1-20-15(18)11-8-6-10(7-9-11)14(17-19)12-4-2-3-5-13(12)16/h2-5,10-11,19H,6-9H2,1H3/b17-14-. The number of nitrogens with zero attached hydrogens (tertiary/aromatic N) is 1. The van der Waals surface area contributed by atoms with Crippen LogP contribution in [-0.4, -0.2) is 24.0 Å². The van der Waals surface area contributed by atoms with Crippen molar-refractivity contribution in [2.24, 2.45) is 17.0 Å². The first-order chi connectivity index (χ1) is 9.67. The van der Waals surface area contributed by atoms with Crippen LogP contribution in [0.2, 0.25) is 0 Å². The number of methoxy groups -OCH3 is 1. The summed E-state index contributed by atoms with van der Waals surface area (Å²) in [6.45, 7) is 0. The van der Waals surface area contributed by atoms with Crippen LogP contribution in [0.3, 0.4) is 0 Å². The van der Waals surface area contributed by atoms with Crippen LogP contribution in [0.15, 0.2) is 29.4 Å². The number of carbonyl (C=O) groups excluding carboxylic acids is 1. The Bertz CT molecular complexity index is 508. The molecule has 1 aromatic rings. The normalized spacial score (nSPS) is 23.4. The molecule has 1 aliphatic carbocycles. The second kappa shape index (κ2) is 6.50. The summed E-state index contributed by atoms with van der Waals surface area (Å²) >= 11 is 0. The van der Waals surface area contributed by atoms with Gasteiger partial charge < -0.3 is 9.94 Å². The molecule has 0 heterocycles. The summed E-state index contributed by atoms with van der Waals surface area (Å²) in [6.07, 6.45) is 2.72. The van der Waals surface area contributed by atoms with Gasteiger partial charge in [-0.1, -0.05) is 23.4 Å². The summed E-state index contributed by atoms with van der Waals surface area (Å²) in [5.74, 6) is -0.721. The predicted octanol–water partition coefficient (Wildman–Crippen LogP) is 2.98. The molecular formula is C15H18FNO3. The Hall–Kier alpha value is -1.91. The Morgan fingerprint density at radius 1 is 1.25 bits per heavy atom. The predicted molar refractivity (Wildman–Crippen MR) is 72.2 cm³/mol. The third-order valence-corrected chi connectivity index (χ3v) is 3.91. The zero-order valence-electron chi connectivity index (χ0n) is 11.4. The van der Waals surface area contributed by atoms with Crippen molar-refractivity contribution in [2.75, 3.05) is 7.11 Å². The first-order valence-corrected chi connectivity index (χ1v) is 6.72. The lowest BCUT2D eigenvalue weighted by molar-refractivity contribution is -0.146.